The summed E-state index contributed by atoms with van der Waals surface area (Å²) in [5.74, 6) is 2.04. The Labute approximate surface area is 101 Å². The lowest BCUT2D eigenvalue weighted by atomic mass is 10.1. The number of hydrogen-bond acceptors (Lipinski definition) is 5. The Bertz CT molecular complexity index is 373. The maximum Gasteiger partial charge on any atom is 0.148 e. The van der Waals surface area contributed by atoms with Crippen LogP contribution in [0.15, 0.2) is 12.1 Å². The van der Waals surface area contributed by atoms with Crippen LogP contribution in [-0.2, 0) is 0 Å². The second-order valence-corrected chi connectivity index (χ2v) is 5.11. The highest BCUT2D eigenvalue weighted by molar-refractivity contribution is 5.38. The van der Waals surface area contributed by atoms with Gasteiger partial charge in [0.2, 0.25) is 0 Å². The number of hydrogen-bond donors (Lipinski definition) is 2. The van der Waals surface area contributed by atoms with Gasteiger partial charge >= 0.3 is 0 Å². The van der Waals surface area contributed by atoms with Gasteiger partial charge in [0.05, 0.1) is 0 Å². The SMILES string of the molecule is Nc1ccc(NCC2CCN(C3CC3)C2)nn1. The molecule has 1 saturated carbocycles. The van der Waals surface area contributed by atoms with Gasteiger partial charge in [-0.1, -0.05) is 0 Å². The Morgan fingerprint density at radius 3 is 2.88 bits per heavy atom. The van der Waals surface area contributed by atoms with Crippen LogP contribution in [0.3, 0.4) is 0 Å². The molecule has 92 valence electrons. The molecule has 0 radical (unpaired) electrons. The van der Waals surface area contributed by atoms with Crippen LogP contribution in [0, 0.1) is 5.92 Å². The van der Waals surface area contributed by atoms with Crippen molar-refractivity contribution >= 4 is 11.6 Å². The van der Waals surface area contributed by atoms with Crippen LogP contribution >= 0.6 is 0 Å². The topological polar surface area (TPSA) is 67.1 Å². The molecule has 1 aromatic rings. The van der Waals surface area contributed by atoms with Gasteiger partial charge in [0, 0.05) is 19.1 Å². The van der Waals surface area contributed by atoms with Gasteiger partial charge in [0.25, 0.3) is 0 Å². The normalized spacial score (nSPS) is 25.1. The van der Waals surface area contributed by atoms with Crippen molar-refractivity contribution in [1.82, 2.24) is 15.1 Å². The van der Waals surface area contributed by atoms with Crippen LogP contribution in [0.25, 0.3) is 0 Å². The quantitative estimate of drug-likeness (QED) is 0.810. The number of rotatable bonds is 4. The first-order chi connectivity index (χ1) is 8.31. The van der Waals surface area contributed by atoms with Crippen LogP contribution in [0.2, 0.25) is 0 Å². The van der Waals surface area contributed by atoms with E-state index in [1.807, 2.05) is 6.07 Å². The van der Waals surface area contributed by atoms with Crippen molar-refractivity contribution in [3.8, 4) is 0 Å². The Morgan fingerprint density at radius 1 is 1.29 bits per heavy atom. The van der Waals surface area contributed by atoms with Gasteiger partial charge in [-0.3, -0.25) is 0 Å². The van der Waals surface area contributed by atoms with Crippen molar-refractivity contribution in [1.29, 1.82) is 0 Å². The molecule has 1 aliphatic carbocycles. The van der Waals surface area contributed by atoms with E-state index in [9.17, 15) is 0 Å². The van der Waals surface area contributed by atoms with Crippen LogP contribution in [0.4, 0.5) is 11.6 Å². The van der Waals surface area contributed by atoms with Gasteiger partial charge in [-0.05, 0) is 43.9 Å². The molecule has 3 rings (SSSR count). The predicted molar refractivity (Wildman–Crippen MR) is 67.6 cm³/mol. The van der Waals surface area contributed by atoms with E-state index in [1.165, 1.54) is 32.4 Å². The van der Waals surface area contributed by atoms with Crippen molar-refractivity contribution in [2.24, 2.45) is 5.92 Å². The lowest BCUT2D eigenvalue weighted by molar-refractivity contribution is 0.316. The first kappa shape index (κ1) is 10.8. The number of nitrogens with two attached hydrogens (primary N) is 1. The van der Waals surface area contributed by atoms with Gasteiger partial charge in [0.15, 0.2) is 0 Å². The van der Waals surface area contributed by atoms with E-state index in [2.05, 4.69) is 20.4 Å². The van der Waals surface area contributed by atoms with Crippen molar-refractivity contribution in [3.05, 3.63) is 12.1 Å². The summed E-state index contributed by atoms with van der Waals surface area (Å²) in [7, 11) is 0. The molecule has 5 heteroatoms. The molecule has 0 bridgehead atoms. The van der Waals surface area contributed by atoms with Crippen LogP contribution in [0.5, 0.6) is 0 Å². The van der Waals surface area contributed by atoms with E-state index >= 15 is 0 Å². The van der Waals surface area contributed by atoms with Gasteiger partial charge in [-0.2, -0.15) is 0 Å². The summed E-state index contributed by atoms with van der Waals surface area (Å²) < 4.78 is 0. The van der Waals surface area contributed by atoms with E-state index in [0.29, 0.717) is 5.82 Å². The van der Waals surface area contributed by atoms with Crippen molar-refractivity contribution in [3.63, 3.8) is 0 Å². The third-order valence-corrected chi connectivity index (χ3v) is 3.64. The molecule has 2 aliphatic rings. The van der Waals surface area contributed by atoms with Crippen LogP contribution in [0.1, 0.15) is 19.3 Å². The lowest BCUT2D eigenvalue weighted by Gasteiger charge is -2.15. The summed E-state index contributed by atoms with van der Waals surface area (Å²) in [5, 5.41) is 11.2. The number of anilines is 2. The maximum absolute atomic E-state index is 5.50. The highest BCUT2D eigenvalue weighted by Crippen LogP contribution is 2.31. The number of nitrogens with zero attached hydrogens (tertiary/aromatic N) is 3. The minimum Gasteiger partial charge on any atom is -0.382 e. The molecule has 1 aliphatic heterocycles. The Kier molecular flexibility index (Phi) is 2.84. The van der Waals surface area contributed by atoms with Crippen molar-refractivity contribution in [2.45, 2.75) is 25.3 Å². The third kappa shape index (κ3) is 2.66. The zero-order valence-corrected chi connectivity index (χ0v) is 9.97. The van der Waals surface area contributed by atoms with Crippen LogP contribution in [-0.4, -0.2) is 40.8 Å². The number of nitrogens with one attached hydrogen (secondary N) is 1. The molecular weight excluding hydrogens is 214 g/mol. The number of nitrogen functional groups attached to an aromatic ring is 1. The second kappa shape index (κ2) is 4.49. The summed E-state index contributed by atoms with van der Waals surface area (Å²) >= 11 is 0. The fourth-order valence-electron chi connectivity index (χ4n) is 2.49. The first-order valence-electron chi connectivity index (χ1n) is 6.38. The third-order valence-electron chi connectivity index (χ3n) is 3.64. The van der Waals surface area contributed by atoms with Gasteiger partial charge in [-0.15, -0.1) is 10.2 Å². The molecule has 3 N–H and O–H groups in total. The lowest BCUT2D eigenvalue weighted by Crippen LogP contribution is -2.25. The maximum atomic E-state index is 5.50. The molecule has 2 heterocycles. The molecule has 1 unspecified atom stereocenters. The van der Waals surface area contributed by atoms with Crippen LogP contribution < -0.4 is 11.1 Å². The Hall–Kier alpha value is -1.36. The van der Waals surface area contributed by atoms with Gasteiger partial charge < -0.3 is 16.0 Å². The van der Waals surface area contributed by atoms with E-state index < -0.39 is 0 Å². The van der Waals surface area contributed by atoms with Gasteiger partial charge in [0.1, 0.15) is 11.6 Å². The smallest absolute Gasteiger partial charge is 0.148 e. The summed E-state index contributed by atoms with van der Waals surface area (Å²) in [5.41, 5.74) is 5.50. The molecule has 0 aromatic carbocycles. The van der Waals surface area contributed by atoms with Crippen molar-refractivity contribution < 1.29 is 0 Å². The second-order valence-electron chi connectivity index (χ2n) is 5.11. The molecular formula is C12H19N5. The summed E-state index contributed by atoms with van der Waals surface area (Å²) in [6.07, 6.45) is 4.11. The van der Waals surface area contributed by atoms with E-state index in [0.717, 1.165) is 24.3 Å². The number of likely N-dealkylation sites (tertiary alicyclic amines) is 1. The highest BCUT2D eigenvalue weighted by Gasteiger charge is 2.34. The monoisotopic (exact) mass is 233 g/mol. The molecule has 1 aromatic heterocycles. The largest absolute Gasteiger partial charge is 0.382 e. The summed E-state index contributed by atoms with van der Waals surface area (Å²) in [6.45, 7) is 3.49. The van der Waals surface area contributed by atoms with E-state index in [-0.39, 0.29) is 0 Å². The molecule has 0 spiro atoms. The summed E-state index contributed by atoms with van der Waals surface area (Å²) in [4.78, 5) is 2.63. The first-order valence-corrected chi connectivity index (χ1v) is 6.38. The average Bonchev–Trinajstić information content (AvgIpc) is 3.09. The standard InChI is InChI=1S/C12H19N5/c13-11-3-4-12(16-15-11)14-7-9-5-6-17(8-9)10-1-2-10/h3-4,9-10H,1-2,5-8H2,(H2,13,15)(H,14,16). The summed E-state index contributed by atoms with van der Waals surface area (Å²) in [6, 6.07) is 4.56. The molecule has 1 saturated heterocycles. The molecule has 0 amide bonds. The van der Waals surface area contributed by atoms with E-state index in [1.54, 1.807) is 6.07 Å². The van der Waals surface area contributed by atoms with Gasteiger partial charge in [-0.25, -0.2) is 0 Å². The molecule has 1 atom stereocenters. The average molecular weight is 233 g/mol. The minimum absolute atomic E-state index is 0.469. The zero-order chi connectivity index (χ0) is 11.7. The van der Waals surface area contributed by atoms with E-state index in [4.69, 9.17) is 5.73 Å². The number of aromatic nitrogens is 2. The fourth-order valence-corrected chi connectivity index (χ4v) is 2.49. The Morgan fingerprint density at radius 2 is 2.18 bits per heavy atom. The molecule has 17 heavy (non-hydrogen) atoms. The minimum atomic E-state index is 0.469. The zero-order valence-electron chi connectivity index (χ0n) is 9.97. The van der Waals surface area contributed by atoms with Crippen molar-refractivity contribution in [2.75, 3.05) is 30.7 Å². The molecule has 5 nitrogen and oxygen atoms in total. The predicted octanol–water partition coefficient (Wildman–Crippen LogP) is 0.955. The Balaban J connectivity index is 1.46. The molecule has 2 fully saturated rings. The fraction of sp³-hybridized carbons (Fsp3) is 0.667. The highest BCUT2D eigenvalue weighted by atomic mass is 15.2.